The maximum Gasteiger partial charge on any atom is 0.174 e. The van der Waals surface area contributed by atoms with Crippen molar-refractivity contribution in [2.45, 2.75) is 4.90 Å². The maximum atomic E-state index is 11.6. The van der Waals surface area contributed by atoms with E-state index in [2.05, 4.69) is 12.1 Å². The molecule has 1 aliphatic rings. The van der Waals surface area contributed by atoms with Gasteiger partial charge in [0.25, 0.3) is 0 Å². The van der Waals surface area contributed by atoms with Crippen LogP contribution in [-0.4, -0.2) is 11.5 Å². The third kappa shape index (κ3) is 0.974. The molecule has 0 radical (unpaired) electrons. The first-order chi connectivity index (χ1) is 6.36. The smallest absolute Gasteiger partial charge is 0.174 e. The van der Waals surface area contributed by atoms with E-state index in [1.807, 2.05) is 11.4 Å². The molecule has 0 atom stereocenters. The molecule has 13 heavy (non-hydrogen) atoms. The molecule has 0 saturated carbocycles. The van der Waals surface area contributed by atoms with Crippen LogP contribution in [0.5, 0.6) is 0 Å². The van der Waals surface area contributed by atoms with Crippen molar-refractivity contribution in [1.82, 2.24) is 0 Å². The van der Waals surface area contributed by atoms with E-state index in [-0.39, 0.29) is 5.78 Å². The second-order valence-corrected chi connectivity index (χ2v) is 4.95. The summed E-state index contributed by atoms with van der Waals surface area (Å²) in [5.41, 5.74) is 0.948. The lowest BCUT2D eigenvalue weighted by Gasteiger charge is -1.97. The van der Waals surface area contributed by atoms with Crippen molar-refractivity contribution in [1.29, 1.82) is 0 Å². The fourth-order valence-corrected chi connectivity index (χ4v) is 3.41. The SMILES string of the molecule is O=C1CSc2ccc3sccc3c21. The Morgan fingerprint density at radius 2 is 2.15 bits per heavy atom. The van der Waals surface area contributed by atoms with Crippen molar-refractivity contribution in [2.24, 2.45) is 0 Å². The number of carbonyl (C=O) groups is 1. The molecule has 3 rings (SSSR count). The summed E-state index contributed by atoms with van der Waals surface area (Å²) in [6.45, 7) is 0. The lowest BCUT2D eigenvalue weighted by atomic mass is 10.1. The van der Waals surface area contributed by atoms with Crippen molar-refractivity contribution in [3.05, 3.63) is 29.1 Å². The fourth-order valence-electron chi connectivity index (χ4n) is 1.65. The van der Waals surface area contributed by atoms with Gasteiger partial charge in [0.05, 0.1) is 5.75 Å². The Balaban J connectivity index is 2.49. The van der Waals surface area contributed by atoms with E-state index >= 15 is 0 Å². The van der Waals surface area contributed by atoms with E-state index in [9.17, 15) is 4.79 Å². The van der Waals surface area contributed by atoms with E-state index in [0.717, 1.165) is 15.8 Å². The van der Waals surface area contributed by atoms with Crippen LogP contribution in [0.15, 0.2) is 28.5 Å². The molecule has 0 bridgehead atoms. The van der Waals surface area contributed by atoms with Gasteiger partial charge in [-0.2, -0.15) is 0 Å². The molecular formula is C10H6OS2. The average molecular weight is 206 g/mol. The van der Waals surface area contributed by atoms with Gasteiger partial charge in [-0.1, -0.05) is 0 Å². The van der Waals surface area contributed by atoms with Crippen molar-refractivity contribution in [2.75, 3.05) is 5.75 Å². The van der Waals surface area contributed by atoms with E-state index in [1.54, 1.807) is 23.1 Å². The molecule has 0 spiro atoms. The van der Waals surface area contributed by atoms with Crippen LogP contribution >= 0.6 is 23.1 Å². The van der Waals surface area contributed by atoms with Gasteiger partial charge >= 0.3 is 0 Å². The maximum absolute atomic E-state index is 11.6. The number of rotatable bonds is 0. The van der Waals surface area contributed by atoms with E-state index in [4.69, 9.17) is 0 Å². The number of ketones is 1. The molecule has 1 aromatic carbocycles. The normalized spacial score (nSPS) is 15.2. The summed E-state index contributed by atoms with van der Waals surface area (Å²) in [4.78, 5) is 12.7. The molecule has 1 aromatic heterocycles. The Bertz CT molecular complexity index is 499. The number of thioether (sulfide) groups is 1. The summed E-state index contributed by atoms with van der Waals surface area (Å²) in [7, 11) is 0. The van der Waals surface area contributed by atoms with E-state index < -0.39 is 0 Å². The third-order valence-electron chi connectivity index (χ3n) is 2.23. The number of thiophene rings is 1. The lowest BCUT2D eigenvalue weighted by Crippen LogP contribution is -1.94. The predicted octanol–water partition coefficient (Wildman–Crippen LogP) is 3.19. The van der Waals surface area contributed by atoms with Crippen LogP contribution < -0.4 is 0 Å². The van der Waals surface area contributed by atoms with E-state index in [0.29, 0.717) is 5.75 Å². The minimum absolute atomic E-state index is 0.281. The second-order valence-electron chi connectivity index (χ2n) is 2.98. The number of carbonyl (C=O) groups excluding carboxylic acids is 1. The highest BCUT2D eigenvalue weighted by Crippen LogP contribution is 2.37. The Hall–Kier alpha value is -0.800. The van der Waals surface area contributed by atoms with Crippen molar-refractivity contribution in [3.8, 4) is 0 Å². The highest BCUT2D eigenvalue weighted by molar-refractivity contribution is 8.00. The zero-order chi connectivity index (χ0) is 8.84. The quantitative estimate of drug-likeness (QED) is 0.658. The summed E-state index contributed by atoms with van der Waals surface area (Å²) in [5.74, 6) is 0.897. The summed E-state index contributed by atoms with van der Waals surface area (Å²) < 4.78 is 1.22. The number of Topliss-reactive ketones (excluding diaryl/α,β-unsaturated/α-hetero) is 1. The highest BCUT2D eigenvalue weighted by Gasteiger charge is 2.22. The topological polar surface area (TPSA) is 17.1 Å². The first kappa shape index (κ1) is 7.59. The molecule has 0 saturated heterocycles. The second kappa shape index (κ2) is 2.59. The lowest BCUT2D eigenvalue weighted by molar-refractivity contribution is 0.102. The summed E-state index contributed by atoms with van der Waals surface area (Å²) in [6.07, 6.45) is 0. The molecule has 0 unspecified atom stereocenters. The minimum Gasteiger partial charge on any atom is -0.293 e. The van der Waals surface area contributed by atoms with Gasteiger partial charge in [0, 0.05) is 20.5 Å². The zero-order valence-corrected chi connectivity index (χ0v) is 8.37. The van der Waals surface area contributed by atoms with Crippen LogP contribution in [0.2, 0.25) is 0 Å². The standard InChI is InChI=1S/C10H6OS2/c11-7-5-13-9-2-1-8-6(10(7)9)3-4-12-8/h1-4H,5H2. The Morgan fingerprint density at radius 1 is 1.23 bits per heavy atom. The molecule has 1 nitrogen and oxygen atoms in total. The molecular weight excluding hydrogens is 200 g/mol. The molecule has 3 heteroatoms. The molecule has 0 fully saturated rings. The van der Waals surface area contributed by atoms with Gasteiger partial charge in [0.2, 0.25) is 0 Å². The number of fused-ring (bicyclic) bond motifs is 3. The molecule has 0 amide bonds. The molecule has 0 N–H and O–H groups in total. The first-order valence-electron chi connectivity index (χ1n) is 4.02. The van der Waals surface area contributed by atoms with Crippen molar-refractivity contribution in [3.63, 3.8) is 0 Å². The van der Waals surface area contributed by atoms with Crippen LogP contribution in [0.25, 0.3) is 10.1 Å². The van der Waals surface area contributed by atoms with Gasteiger partial charge in [-0.25, -0.2) is 0 Å². The molecule has 1 aliphatic heterocycles. The van der Waals surface area contributed by atoms with Gasteiger partial charge in [-0.05, 0) is 23.6 Å². The Morgan fingerprint density at radius 3 is 3.08 bits per heavy atom. The highest BCUT2D eigenvalue weighted by atomic mass is 32.2. The summed E-state index contributed by atoms with van der Waals surface area (Å²) in [6, 6.07) is 6.21. The number of hydrogen-bond donors (Lipinski definition) is 0. The van der Waals surface area contributed by atoms with Crippen molar-refractivity contribution >= 4 is 39.0 Å². The van der Waals surface area contributed by atoms with Crippen LogP contribution in [0.3, 0.4) is 0 Å². The minimum atomic E-state index is 0.281. The number of hydrogen-bond acceptors (Lipinski definition) is 3. The molecule has 2 aromatic rings. The van der Waals surface area contributed by atoms with Gasteiger partial charge in [-0.3, -0.25) is 4.79 Å². The monoisotopic (exact) mass is 206 g/mol. The van der Waals surface area contributed by atoms with Crippen LogP contribution in [-0.2, 0) is 0 Å². The van der Waals surface area contributed by atoms with Crippen molar-refractivity contribution < 1.29 is 4.79 Å². The van der Waals surface area contributed by atoms with E-state index in [1.165, 1.54) is 4.70 Å². The van der Waals surface area contributed by atoms with Gasteiger partial charge in [0.1, 0.15) is 0 Å². The molecule has 2 heterocycles. The molecule has 0 aliphatic carbocycles. The Labute approximate surface area is 83.8 Å². The predicted molar refractivity (Wildman–Crippen MR) is 56.9 cm³/mol. The fraction of sp³-hybridized carbons (Fsp3) is 0.100. The first-order valence-corrected chi connectivity index (χ1v) is 5.89. The van der Waals surface area contributed by atoms with Crippen LogP contribution in [0, 0.1) is 0 Å². The van der Waals surface area contributed by atoms with Crippen LogP contribution in [0.1, 0.15) is 10.4 Å². The number of benzene rings is 1. The Kier molecular flexibility index (Phi) is 1.51. The average Bonchev–Trinajstić information content (AvgIpc) is 2.70. The van der Waals surface area contributed by atoms with Crippen LogP contribution in [0.4, 0.5) is 0 Å². The molecule has 64 valence electrons. The third-order valence-corrected chi connectivity index (χ3v) is 4.17. The zero-order valence-electron chi connectivity index (χ0n) is 6.74. The summed E-state index contributed by atoms with van der Waals surface area (Å²) in [5, 5.41) is 3.18. The summed E-state index contributed by atoms with van der Waals surface area (Å²) >= 11 is 3.34. The van der Waals surface area contributed by atoms with Gasteiger partial charge < -0.3 is 0 Å². The largest absolute Gasteiger partial charge is 0.293 e. The van der Waals surface area contributed by atoms with Gasteiger partial charge in [0.15, 0.2) is 5.78 Å². The van der Waals surface area contributed by atoms with Gasteiger partial charge in [-0.15, -0.1) is 23.1 Å².